The molecule has 2 rings (SSSR count). The number of nitrogens with zero attached hydrogens (tertiary/aromatic N) is 1. The zero-order chi connectivity index (χ0) is 17.9. The van der Waals surface area contributed by atoms with Crippen molar-refractivity contribution in [1.29, 1.82) is 0 Å². The summed E-state index contributed by atoms with van der Waals surface area (Å²) in [5, 5.41) is 9.88. The van der Waals surface area contributed by atoms with Crippen molar-refractivity contribution in [2.75, 3.05) is 26.2 Å². The van der Waals surface area contributed by atoms with Gasteiger partial charge in [0, 0.05) is 31.2 Å². The van der Waals surface area contributed by atoms with Crippen LogP contribution in [0.4, 0.5) is 0 Å². The van der Waals surface area contributed by atoms with Crippen molar-refractivity contribution in [3.63, 3.8) is 0 Å². The summed E-state index contributed by atoms with van der Waals surface area (Å²) in [6.45, 7) is 4.48. The maximum Gasteiger partial charge on any atom is 0.287 e. The zero-order valence-electron chi connectivity index (χ0n) is 14.2. The van der Waals surface area contributed by atoms with E-state index < -0.39 is 0 Å². The Labute approximate surface area is 152 Å². The lowest BCUT2D eigenvalue weighted by Crippen LogP contribution is -2.41. The average Bonchev–Trinajstić information content (AvgIpc) is 3.15. The minimum Gasteiger partial charge on any atom is -0.459 e. The summed E-state index contributed by atoms with van der Waals surface area (Å²) in [4.78, 5) is 16.3. The van der Waals surface area contributed by atoms with E-state index in [1.54, 1.807) is 12.1 Å². The topological polar surface area (TPSA) is 78.7 Å². The van der Waals surface area contributed by atoms with Crippen LogP contribution in [0.1, 0.15) is 23.0 Å². The molecule has 0 saturated carbocycles. The number of hydrogen-bond acceptors (Lipinski definition) is 3. The fraction of sp³-hybridized carbons (Fsp3) is 0.333. The molecule has 1 amide bonds. The lowest BCUT2D eigenvalue weighted by molar-refractivity contribution is 0.0926. The van der Waals surface area contributed by atoms with E-state index in [-0.39, 0.29) is 5.91 Å². The standard InChI is InChI=1S/C18H23ClN4O2/c1-2-20-18(22-10-9-14-5-7-15(19)8-6-14)23-12-11-21-17(24)16-4-3-13-25-16/h3-8,13H,2,9-12H2,1H3,(H,21,24)(H2,20,22,23). The first kappa shape index (κ1) is 18.9. The third-order valence-electron chi connectivity index (χ3n) is 3.38. The lowest BCUT2D eigenvalue weighted by Gasteiger charge is -2.11. The van der Waals surface area contributed by atoms with E-state index in [0.717, 1.165) is 23.9 Å². The second-order valence-electron chi connectivity index (χ2n) is 5.30. The molecule has 134 valence electrons. The van der Waals surface area contributed by atoms with Gasteiger partial charge in [0.05, 0.1) is 6.26 Å². The van der Waals surface area contributed by atoms with Crippen molar-refractivity contribution >= 4 is 23.5 Å². The van der Waals surface area contributed by atoms with E-state index in [1.807, 2.05) is 31.2 Å². The summed E-state index contributed by atoms with van der Waals surface area (Å²) in [7, 11) is 0. The molecule has 0 unspecified atom stereocenters. The molecule has 0 aliphatic rings. The SMILES string of the molecule is CCNC(=NCCc1ccc(Cl)cc1)NCCNC(=O)c1ccco1. The molecule has 0 bridgehead atoms. The van der Waals surface area contributed by atoms with Crippen molar-refractivity contribution < 1.29 is 9.21 Å². The number of nitrogens with one attached hydrogen (secondary N) is 3. The van der Waals surface area contributed by atoms with E-state index in [2.05, 4.69) is 20.9 Å². The van der Waals surface area contributed by atoms with Gasteiger partial charge in [-0.25, -0.2) is 0 Å². The van der Waals surface area contributed by atoms with E-state index in [0.29, 0.717) is 25.4 Å². The first-order chi connectivity index (χ1) is 12.2. The van der Waals surface area contributed by atoms with Gasteiger partial charge in [-0.3, -0.25) is 9.79 Å². The van der Waals surface area contributed by atoms with Crippen LogP contribution in [-0.2, 0) is 6.42 Å². The first-order valence-corrected chi connectivity index (χ1v) is 8.65. The molecule has 0 fully saturated rings. The maximum absolute atomic E-state index is 11.7. The van der Waals surface area contributed by atoms with Gasteiger partial charge < -0.3 is 20.4 Å². The lowest BCUT2D eigenvalue weighted by atomic mass is 10.1. The molecule has 1 aromatic heterocycles. The molecule has 1 aromatic carbocycles. The quantitative estimate of drug-likeness (QED) is 0.383. The zero-order valence-corrected chi connectivity index (χ0v) is 15.0. The summed E-state index contributed by atoms with van der Waals surface area (Å²) in [6, 6.07) is 11.1. The summed E-state index contributed by atoms with van der Waals surface area (Å²) in [6.07, 6.45) is 2.31. The number of carbonyl (C=O) groups is 1. The normalized spacial score (nSPS) is 11.2. The first-order valence-electron chi connectivity index (χ1n) is 8.27. The predicted molar refractivity (Wildman–Crippen MR) is 100 cm³/mol. The Morgan fingerprint density at radius 2 is 1.88 bits per heavy atom. The molecule has 2 aromatic rings. The van der Waals surface area contributed by atoms with Crippen molar-refractivity contribution in [1.82, 2.24) is 16.0 Å². The molecule has 7 heteroatoms. The summed E-state index contributed by atoms with van der Waals surface area (Å²) in [5.41, 5.74) is 1.19. The third kappa shape index (κ3) is 6.89. The molecule has 0 aliphatic carbocycles. The summed E-state index contributed by atoms with van der Waals surface area (Å²) in [5.74, 6) is 0.809. The van der Waals surface area contributed by atoms with Gasteiger partial charge in [0.15, 0.2) is 11.7 Å². The van der Waals surface area contributed by atoms with Gasteiger partial charge in [-0.2, -0.15) is 0 Å². The van der Waals surface area contributed by atoms with Gasteiger partial charge in [0.1, 0.15) is 0 Å². The Morgan fingerprint density at radius 1 is 1.12 bits per heavy atom. The van der Waals surface area contributed by atoms with E-state index in [1.165, 1.54) is 11.8 Å². The Kier molecular flexibility index (Phi) is 7.85. The molecule has 0 radical (unpaired) electrons. The molecule has 25 heavy (non-hydrogen) atoms. The largest absolute Gasteiger partial charge is 0.459 e. The van der Waals surface area contributed by atoms with Crippen molar-refractivity contribution in [2.45, 2.75) is 13.3 Å². The van der Waals surface area contributed by atoms with Crippen molar-refractivity contribution in [3.05, 3.63) is 59.0 Å². The van der Waals surface area contributed by atoms with Crippen LogP contribution in [-0.4, -0.2) is 38.0 Å². The smallest absolute Gasteiger partial charge is 0.287 e. The average molecular weight is 363 g/mol. The van der Waals surface area contributed by atoms with Crippen LogP contribution >= 0.6 is 11.6 Å². The molecule has 0 aliphatic heterocycles. The van der Waals surface area contributed by atoms with Crippen LogP contribution in [0.15, 0.2) is 52.1 Å². The highest BCUT2D eigenvalue weighted by Gasteiger charge is 2.06. The number of aliphatic imine (C=N–C) groups is 1. The molecule has 6 nitrogen and oxygen atoms in total. The second kappa shape index (κ2) is 10.4. The minimum absolute atomic E-state index is 0.225. The Morgan fingerprint density at radius 3 is 2.56 bits per heavy atom. The van der Waals surface area contributed by atoms with Crippen LogP contribution in [0.25, 0.3) is 0 Å². The maximum atomic E-state index is 11.7. The number of carbonyl (C=O) groups excluding carboxylic acids is 1. The van der Waals surface area contributed by atoms with Gasteiger partial charge >= 0.3 is 0 Å². The number of rotatable bonds is 8. The molecule has 0 atom stereocenters. The van der Waals surface area contributed by atoms with Gasteiger partial charge in [0.25, 0.3) is 5.91 Å². The Bertz CT molecular complexity index is 669. The highest BCUT2D eigenvalue weighted by atomic mass is 35.5. The van der Waals surface area contributed by atoms with Crippen LogP contribution in [0.2, 0.25) is 5.02 Å². The highest BCUT2D eigenvalue weighted by Crippen LogP contribution is 2.09. The Balaban J connectivity index is 1.71. The number of amides is 1. The van der Waals surface area contributed by atoms with E-state index in [9.17, 15) is 4.79 Å². The van der Waals surface area contributed by atoms with E-state index >= 15 is 0 Å². The monoisotopic (exact) mass is 362 g/mol. The van der Waals surface area contributed by atoms with Crippen LogP contribution in [0.5, 0.6) is 0 Å². The fourth-order valence-electron chi connectivity index (χ4n) is 2.14. The summed E-state index contributed by atoms with van der Waals surface area (Å²) < 4.78 is 5.04. The Hall–Kier alpha value is -2.47. The number of hydrogen-bond donors (Lipinski definition) is 3. The highest BCUT2D eigenvalue weighted by molar-refractivity contribution is 6.30. The number of halogens is 1. The number of benzene rings is 1. The van der Waals surface area contributed by atoms with Crippen molar-refractivity contribution in [3.8, 4) is 0 Å². The molecular weight excluding hydrogens is 340 g/mol. The number of guanidine groups is 1. The second-order valence-corrected chi connectivity index (χ2v) is 5.73. The number of furan rings is 1. The molecule has 0 spiro atoms. The fourth-order valence-corrected chi connectivity index (χ4v) is 2.27. The minimum atomic E-state index is -0.225. The van der Waals surface area contributed by atoms with Crippen LogP contribution < -0.4 is 16.0 Å². The third-order valence-corrected chi connectivity index (χ3v) is 3.63. The molecule has 3 N–H and O–H groups in total. The van der Waals surface area contributed by atoms with Gasteiger partial charge in [0.2, 0.25) is 0 Å². The van der Waals surface area contributed by atoms with Crippen molar-refractivity contribution in [2.24, 2.45) is 4.99 Å². The molecular formula is C18H23ClN4O2. The van der Waals surface area contributed by atoms with Crippen LogP contribution in [0, 0.1) is 0 Å². The molecule has 0 saturated heterocycles. The van der Waals surface area contributed by atoms with Crippen LogP contribution in [0.3, 0.4) is 0 Å². The molecule has 1 heterocycles. The van der Waals surface area contributed by atoms with Gasteiger partial charge in [-0.05, 0) is 43.2 Å². The summed E-state index contributed by atoms with van der Waals surface area (Å²) >= 11 is 5.88. The van der Waals surface area contributed by atoms with Gasteiger partial charge in [-0.1, -0.05) is 23.7 Å². The van der Waals surface area contributed by atoms with Gasteiger partial charge in [-0.15, -0.1) is 0 Å². The predicted octanol–water partition coefficient (Wildman–Crippen LogP) is 2.46. The van der Waals surface area contributed by atoms with E-state index in [4.69, 9.17) is 16.0 Å².